The second kappa shape index (κ2) is 7.75. The third-order valence-electron chi connectivity index (χ3n) is 4.38. The molecule has 1 aromatic rings. The maximum absolute atomic E-state index is 12.5. The first-order chi connectivity index (χ1) is 10.5. The quantitative estimate of drug-likeness (QED) is 0.846. The van der Waals surface area contributed by atoms with Crippen LogP contribution >= 0.6 is 0 Å². The number of carbonyl (C=O) groups excluding carboxylic acids is 1. The minimum atomic E-state index is -0.398. The zero-order valence-electron chi connectivity index (χ0n) is 14.1. The van der Waals surface area contributed by atoms with Gasteiger partial charge in [0.25, 0.3) is 0 Å². The van der Waals surface area contributed by atoms with Crippen LogP contribution in [0.3, 0.4) is 0 Å². The standard InChI is InChI=1S/C18H29N3O/c1-15(13-21(3)14-16-9-5-4-6-10-16)20-17(22)18(2)11-7-8-12-19-18/h4-6,9-10,15,19H,7-8,11-14H2,1-3H3,(H,20,22). The molecule has 0 saturated carbocycles. The molecule has 1 aliphatic heterocycles. The Balaban J connectivity index is 1.79. The first kappa shape index (κ1) is 17.0. The molecule has 0 aliphatic carbocycles. The fraction of sp³-hybridized carbons (Fsp3) is 0.611. The van der Waals surface area contributed by atoms with Crippen LogP contribution in [0.1, 0.15) is 38.7 Å². The van der Waals surface area contributed by atoms with Gasteiger partial charge in [-0.3, -0.25) is 4.79 Å². The molecule has 0 spiro atoms. The summed E-state index contributed by atoms with van der Waals surface area (Å²) >= 11 is 0. The molecule has 1 amide bonds. The van der Waals surface area contributed by atoms with E-state index in [4.69, 9.17) is 0 Å². The number of likely N-dealkylation sites (N-methyl/N-ethyl adjacent to an activating group) is 1. The van der Waals surface area contributed by atoms with Gasteiger partial charge in [-0.2, -0.15) is 0 Å². The summed E-state index contributed by atoms with van der Waals surface area (Å²) in [6, 6.07) is 10.6. The molecule has 0 aromatic heterocycles. The van der Waals surface area contributed by atoms with E-state index in [9.17, 15) is 4.79 Å². The lowest BCUT2D eigenvalue weighted by Crippen LogP contribution is -2.59. The number of piperidine rings is 1. The number of nitrogens with one attached hydrogen (secondary N) is 2. The van der Waals surface area contributed by atoms with Gasteiger partial charge in [0.1, 0.15) is 0 Å². The summed E-state index contributed by atoms with van der Waals surface area (Å²) in [5, 5.41) is 6.53. The van der Waals surface area contributed by atoms with Crippen LogP contribution in [0.2, 0.25) is 0 Å². The summed E-state index contributed by atoms with van der Waals surface area (Å²) < 4.78 is 0. The molecule has 4 nitrogen and oxygen atoms in total. The van der Waals surface area contributed by atoms with Crippen molar-refractivity contribution < 1.29 is 4.79 Å². The number of nitrogens with zero attached hydrogens (tertiary/aromatic N) is 1. The highest BCUT2D eigenvalue weighted by Crippen LogP contribution is 2.18. The molecule has 2 N–H and O–H groups in total. The van der Waals surface area contributed by atoms with E-state index in [0.29, 0.717) is 0 Å². The highest BCUT2D eigenvalue weighted by Gasteiger charge is 2.34. The zero-order chi connectivity index (χ0) is 16.0. The molecule has 1 aromatic carbocycles. The number of benzene rings is 1. The molecule has 1 saturated heterocycles. The van der Waals surface area contributed by atoms with E-state index in [2.05, 4.69) is 53.8 Å². The summed E-state index contributed by atoms with van der Waals surface area (Å²) in [5.74, 6) is 0.132. The summed E-state index contributed by atoms with van der Waals surface area (Å²) in [4.78, 5) is 14.7. The van der Waals surface area contributed by atoms with E-state index in [-0.39, 0.29) is 11.9 Å². The number of hydrogen-bond acceptors (Lipinski definition) is 3. The van der Waals surface area contributed by atoms with E-state index in [1.807, 2.05) is 13.0 Å². The lowest BCUT2D eigenvalue weighted by atomic mass is 9.90. The largest absolute Gasteiger partial charge is 0.351 e. The first-order valence-electron chi connectivity index (χ1n) is 8.28. The van der Waals surface area contributed by atoms with Crippen molar-refractivity contribution in [1.29, 1.82) is 0 Å². The van der Waals surface area contributed by atoms with Gasteiger partial charge in [0.2, 0.25) is 5.91 Å². The Morgan fingerprint density at radius 1 is 1.36 bits per heavy atom. The topological polar surface area (TPSA) is 44.4 Å². The number of carbonyl (C=O) groups is 1. The van der Waals surface area contributed by atoms with Gasteiger partial charge < -0.3 is 15.5 Å². The van der Waals surface area contributed by atoms with E-state index >= 15 is 0 Å². The Morgan fingerprint density at radius 2 is 2.09 bits per heavy atom. The Bertz CT molecular complexity index is 468. The molecule has 0 bridgehead atoms. The van der Waals surface area contributed by atoms with Crippen molar-refractivity contribution in [2.45, 2.75) is 51.2 Å². The van der Waals surface area contributed by atoms with Crippen molar-refractivity contribution in [1.82, 2.24) is 15.5 Å². The van der Waals surface area contributed by atoms with Crippen LogP contribution in [-0.4, -0.2) is 42.5 Å². The fourth-order valence-electron chi connectivity index (χ4n) is 3.11. The maximum atomic E-state index is 12.5. The van der Waals surface area contributed by atoms with Crippen molar-refractivity contribution >= 4 is 5.91 Å². The average Bonchev–Trinajstić information content (AvgIpc) is 2.48. The van der Waals surface area contributed by atoms with E-state index in [0.717, 1.165) is 38.9 Å². The van der Waals surface area contributed by atoms with Gasteiger partial charge in [0.15, 0.2) is 0 Å². The monoisotopic (exact) mass is 303 g/mol. The number of rotatable bonds is 6. The minimum Gasteiger partial charge on any atom is -0.351 e. The minimum absolute atomic E-state index is 0.132. The van der Waals surface area contributed by atoms with Crippen molar-refractivity contribution in [2.75, 3.05) is 20.1 Å². The van der Waals surface area contributed by atoms with Gasteiger partial charge in [-0.05, 0) is 52.3 Å². The first-order valence-corrected chi connectivity index (χ1v) is 8.28. The van der Waals surface area contributed by atoms with Crippen LogP contribution in [0.4, 0.5) is 0 Å². The predicted octanol–water partition coefficient (Wildman–Crippen LogP) is 2.16. The fourth-order valence-corrected chi connectivity index (χ4v) is 3.11. The van der Waals surface area contributed by atoms with Crippen LogP contribution in [0.5, 0.6) is 0 Å². The molecule has 2 atom stereocenters. The Morgan fingerprint density at radius 3 is 2.73 bits per heavy atom. The van der Waals surface area contributed by atoms with Crippen molar-refractivity contribution in [2.24, 2.45) is 0 Å². The summed E-state index contributed by atoms with van der Waals surface area (Å²) in [6.07, 6.45) is 3.21. The molecule has 2 rings (SSSR count). The van der Waals surface area contributed by atoms with Gasteiger partial charge in [-0.1, -0.05) is 30.3 Å². The molecule has 1 aliphatic rings. The van der Waals surface area contributed by atoms with Gasteiger partial charge in [-0.25, -0.2) is 0 Å². The predicted molar refractivity (Wildman–Crippen MR) is 90.6 cm³/mol. The molecular formula is C18H29N3O. The smallest absolute Gasteiger partial charge is 0.240 e. The van der Waals surface area contributed by atoms with Crippen molar-refractivity contribution in [3.05, 3.63) is 35.9 Å². The molecule has 22 heavy (non-hydrogen) atoms. The Hall–Kier alpha value is -1.39. The third-order valence-corrected chi connectivity index (χ3v) is 4.38. The average molecular weight is 303 g/mol. The summed E-state index contributed by atoms with van der Waals surface area (Å²) in [7, 11) is 2.09. The molecule has 1 heterocycles. The highest BCUT2D eigenvalue weighted by atomic mass is 16.2. The Kier molecular flexibility index (Phi) is 5.98. The Labute approximate surface area is 134 Å². The normalized spacial score (nSPS) is 23.3. The van der Waals surface area contributed by atoms with E-state index in [1.54, 1.807) is 0 Å². The van der Waals surface area contributed by atoms with Crippen LogP contribution in [-0.2, 0) is 11.3 Å². The highest BCUT2D eigenvalue weighted by molar-refractivity contribution is 5.86. The number of amides is 1. The van der Waals surface area contributed by atoms with Crippen LogP contribution < -0.4 is 10.6 Å². The SMILES string of the molecule is CC(CN(C)Cc1ccccc1)NC(=O)C1(C)CCCCN1. The third kappa shape index (κ3) is 4.82. The lowest BCUT2D eigenvalue weighted by Gasteiger charge is -2.35. The van der Waals surface area contributed by atoms with E-state index in [1.165, 1.54) is 5.56 Å². The second-order valence-electron chi connectivity index (χ2n) is 6.77. The van der Waals surface area contributed by atoms with Gasteiger partial charge in [-0.15, -0.1) is 0 Å². The van der Waals surface area contributed by atoms with Crippen LogP contribution in [0.25, 0.3) is 0 Å². The van der Waals surface area contributed by atoms with Crippen molar-refractivity contribution in [3.63, 3.8) is 0 Å². The van der Waals surface area contributed by atoms with Gasteiger partial charge in [0, 0.05) is 19.1 Å². The second-order valence-corrected chi connectivity index (χ2v) is 6.77. The molecule has 122 valence electrons. The van der Waals surface area contributed by atoms with Gasteiger partial charge in [0.05, 0.1) is 5.54 Å². The lowest BCUT2D eigenvalue weighted by molar-refractivity contribution is -0.128. The van der Waals surface area contributed by atoms with E-state index < -0.39 is 5.54 Å². The molecule has 4 heteroatoms. The molecule has 2 unspecified atom stereocenters. The summed E-state index contributed by atoms with van der Waals surface area (Å²) in [5.41, 5.74) is 0.897. The summed E-state index contributed by atoms with van der Waals surface area (Å²) in [6.45, 7) is 6.77. The zero-order valence-corrected chi connectivity index (χ0v) is 14.1. The molecule has 0 radical (unpaired) electrons. The van der Waals surface area contributed by atoms with Crippen LogP contribution in [0.15, 0.2) is 30.3 Å². The molecular weight excluding hydrogens is 274 g/mol. The van der Waals surface area contributed by atoms with Gasteiger partial charge >= 0.3 is 0 Å². The molecule has 1 fully saturated rings. The van der Waals surface area contributed by atoms with Crippen molar-refractivity contribution in [3.8, 4) is 0 Å². The number of hydrogen-bond donors (Lipinski definition) is 2. The maximum Gasteiger partial charge on any atom is 0.240 e. The van der Waals surface area contributed by atoms with Crippen LogP contribution in [0, 0.1) is 0 Å².